The van der Waals surface area contributed by atoms with Crippen molar-refractivity contribution in [3.63, 3.8) is 0 Å². The lowest BCUT2D eigenvalue weighted by Crippen LogP contribution is -2.52. The van der Waals surface area contributed by atoms with E-state index in [9.17, 15) is 17.6 Å². The summed E-state index contributed by atoms with van der Waals surface area (Å²) in [5, 5.41) is 0. The van der Waals surface area contributed by atoms with E-state index in [1.54, 1.807) is 29.6 Å². The molecule has 0 atom stereocenters. The van der Waals surface area contributed by atoms with Gasteiger partial charge in [-0.2, -0.15) is 4.31 Å². The van der Waals surface area contributed by atoms with Gasteiger partial charge in [-0.05, 0) is 48.5 Å². The highest BCUT2D eigenvalue weighted by atomic mass is 32.2. The molecule has 4 rings (SSSR count). The molecule has 2 aromatic heterocycles. The number of hydrogen-bond donors (Lipinski definition) is 0. The molecule has 1 fully saturated rings. The Kier molecular flexibility index (Phi) is 6.73. The van der Waals surface area contributed by atoms with Crippen LogP contribution in [0.2, 0.25) is 0 Å². The first-order valence-corrected chi connectivity index (χ1v) is 11.7. The van der Waals surface area contributed by atoms with Gasteiger partial charge in [0.05, 0.1) is 37.1 Å². The van der Waals surface area contributed by atoms with Crippen molar-refractivity contribution < 1.29 is 26.4 Å². The second-order valence-corrected chi connectivity index (χ2v) is 9.48. The van der Waals surface area contributed by atoms with Gasteiger partial charge >= 0.3 is 0 Å². The van der Waals surface area contributed by atoms with Crippen molar-refractivity contribution in [3.8, 4) is 0 Å². The fraction of sp³-hybridized carbons (Fsp3) is 0.318. The van der Waals surface area contributed by atoms with Crippen molar-refractivity contribution in [1.29, 1.82) is 0 Å². The zero-order chi connectivity index (χ0) is 22.6. The molecule has 0 radical (unpaired) electrons. The molecule has 0 spiro atoms. The summed E-state index contributed by atoms with van der Waals surface area (Å²) in [6, 6.07) is 12.0. The molecule has 1 saturated heterocycles. The number of hydrogen-bond acceptors (Lipinski definition) is 6. The predicted molar refractivity (Wildman–Crippen MR) is 113 cm³/mol. The first-order chi connectivity index (χ1) is 15.4. The van der Waals surface area contributed by atoms with Crippen LogP contribution in [0.5, 0.6) is 0 Å². The smallest absolute Gasteiger partial charge is 0.243 e. The lowest BCUT2D eigenvalue weighted by atomic mass is 10.3. The molecule has 0 saturated carbocycles. The minimum atomic E-state index is -3.73. The normalized spacial score (nSPS) is 15.4. The Morgan fingerprint density at radius 3 is 1.97 bits per heavy atom. The average Bonchev–Trinajstić information content (AvgIpc) is 3.48. The molecule has 1 aliphatic rings. The molecule has 0 unspecified atom stereocenters. The van der Waals surface area contributed by atoms with Gasteiger partial charge in [0.2, 0.25) is 15.9 Å². The summed E-state index contributed by atoms with van der Waals surface area (Å²) in [4.78, 5) is 16.6. The fourth-order valence-electron chi connectivity index (χ4n) is 3.64. The van der Waals surface area contributed by atoms with E-state index in [4.69, 9.17) is 8.83 Å². The van der Waals surface area contributed by atoms with Gasteiger partial charge in [-0.15, -0.1) is 0 Å². The molecule has 1 amide bonds. The lowest BCUT2D eigenvalue weighted by Gasteiger charge is -2.35. The first kappa shape index (κ1) is 22.3. The van der Waals surface area contributed by atoms with Crippen molar-refractivity contribution in [2.45, 2.75) is 18.0 Å². The predicted octanol–water partition coefficient (Wildman–Crippen LogP) is 2.55. The summed E-state index contributed by atoms with van der Waals surface area (Å²) < 4.78 is 50.9. The maximum absolute atomic E-state index is 13.1. The first-order valence-electron chi connectivity index (χ1n) is 10.2. The molecule has 8 nitrogen and oxygen atoms in total. The van der Waals surface area contributed by atoms with Gasteiger partial charge in [0, 0.05) is 26.2 Å². The van der Waals surface area contributed by atoms with Crippen LogP contribution in [0, 0.1) is 5.82 Å². The van der Waals surface area contributed by atoms with Crippen LogP contribution >= 0.6 is 0 Å². The average molecular weight is 462 g/mol. The maximum Gasteiger partial charge on any atom is 0.243 e. The Morgan fingerprint density at radius 2 is 1.47 bits per heavy atom. The standard InChI is InChI=1S/C22H24FN3O5S/c23-18-5-7-21(8-6-18)32(28,29)26-11-9-25(10-12-26)22(27)17-24(15-19-3-1-13-30-19)16-20-4-2-14-31-20/h1-8,13-14H,9-12,15-17H2. The SMILES string of the molecule is O=C(CN(Cc1ccco1)Cc1ccco1)N1CCN(S(=O)(=O)c2ccc(F)cc2)CC1. The summed E-state index contributed by atoms with van der Waals surface area (Å²) in [6.07, 6.45) is 3.17. The molecule has 0 aliphatic carbocycles. The number of furan rings is 2. The van der Waals surface area contributed by atoms with Crippen molar-refractivity contribution in [2.24, 2.45) is 0 Å². The van der Waals surface area contributed by atoms with E-state index in [1.165, 1.54) is 16.4 Å². The van der Waals surface area contributed by atoms with Crippen LogP contribution in [0.25, 0.3) is 0 Å². The Labute approximate surface area is 185 Å². The van der Waals surface area contributed by atoms with Crippen LogP contribution in [-0.4, -0.2) is 61.2 Å². The number of piperazine rings is 1. The Balaban J connectivity index is 1.36. The lowest BCUT2D eigenvalue weighted by molar-refractivity contribution is -0.134. The van der Waals surface area contributed by atoms with Gasteiger partial charge < -0.3 is 13.7 Å². The minimum absolute atomic E-state index is 0.0433. The van der Waals surface area contributed by atoms with Crippen LogP contribution in [0.15, 0.2) is 74.8 Å². The van der Waals surface area contributed by atoms with Crippen LogP contribution in [0.1, 0.15) is 11.5 Å². The van der Waals surface area contributed by atoms with Crippen LogP contribution in [-0.2, 0) is 27.9 Å². The molecule has 3 heterocycles. The van der Waals surface area contributed by atoms with Crippen LogP contribution in [0.4, 0.5) is 4.39 Å². The third-order valence-electron chi connectivity index (χ3n) is 5.32. The maximum atomic E-state index is 13.1. The van der Waals surface area contributed by atoms with Gasteiger partial charge in [-0.25, -0.2) is 12.8 Å². The quantitative estimate of drug-likeness (QED) is 0.512. The van der Waals surface area contributed by atoms with Gasteiger partial charge in [0.25, 0.3) is 0 Å². The molecular weight excluding hydrogens is 437 g/mol. The second-order valence-electron chi connectivity index (χ2n) is 7.54. The molecular formula is C22H24FN3O5S. The molecule has 32 heavy (non-hydrogen) atoms. The van der Waals surface area contributed by atoms with E-state index in [-0.39, 0.29) is 43.5 Å². The summed E-state index contributed by atoms with van der Waals surface area (Å²) in [5.41, 5.74) is 0. The number of halogens is 1. The van der Waals surface area contributed by atoms with E-state index in [2.05, 4.69) is 0 Å². The fourth-order valence-corrected chi connectivity index (χ4v) is 5.06. The summed E-state index contributed by atoms with van der Waals surface area (Å²) >= 11 is 0. The molecule has 10 heteroatoms. The largest absolute Gasteiger partial charge is 0.468 e. The highest BCUT2D eigenvalue weighted by Crippen LogP contribution is 2.19. The summed E-state index contributed by atoms with van der Waals surface area (Å²) in [7, 11) is -3.73. The number of amides is 1. The Hall–Kier alpha value is -2.95. The minimum Gasteiger partial charge on any atom is -0.468 e. The number of carbonyl (C=O) groups is 1. The second kappa shape index (κ2) is 9.68. The molecule has 3 aromatic rings. The monoisotopic (exact) mass is 461 g/mol. The zero-order valence-corrected chi connectivity index (χ0v) is 18.2. The molecule has 0 bridgehead atoms. The van der Waals surface area contributed by atoms with Gasteiger partial charge in [0.15, 0.2) is 0 Å². The third kappa shape index (κ3) is 5.26. The molecule has 1 aliphatic heterocycles. The number of rotatable bonds is 8. The molecule has 170 valence electrons. The Bertz CT molecular complexity index is 1070. The van der Waals surface area contributed by atoms with Crippen LogP contribution < -0.4 is 0 Å². The van der Waals surface area contributed by atoms with Gasteiger partial charge in [0.1, 0.15) is 17.3 Å². The van der Waals surface area contributed by atoms with E-state index in [1.807, 2.05) is 17.0 Å². The van der Waals surface area contributed by atoms with Crippen molar-refractivity contribution in [3.05, 3.63) is 78.4 Å². The zero-order valence-electron chi connectivity index (χ0n) is 17.4. The van der Waals surface area contributed by atoms with Crippen molar-refractivity contribution >= 4 is 15.9 Å². The van der Waals surface area contributed by atoms with E-state index in [0.717, 1.165) is 23.7 Å². The summed E-state index contributed by atoms with van der Waals surface area (Å²) in [6.45, 7) is 1.97. The number of benzene rings is 1. The number of nitrogens with zero attached hydrogens (tertiary/aromatic N) is 3. The van der Waals surface area contributed by atoms with Crippen molar-refractivity contribution in [1.82, 2.24) is 14.1 Å². The van der Waals surface area contributed by atoms with E-state index >= 15 is 0 Å². The highest BCUT2D eigenvalue weighted by molar-refractivity contribution is 7.89. The van der Waals surface area contributed by atoms with Gasteiger partial charge in [-0.1, -0.05) is 0 Å². The van der Waals surface area contributed by atoms with Crippen molar-refractivity contribution in [2.75, 3.05) is 32.7 Å². The number of sulfonamides is 1. The topological polar surface area (TPSA) is 87.2 Å². The van der Waals surface area contributed by atoms with Gasteiger partial charge in [-0.3, -0.25) is 9.69 Å². The Morgan fingerprint density at radius 1 is 0.906 bits per heavy atom. The third-order valence-corrected chi connectivity index (χ3v) is 7.23. The molecule has 1 aromatic carbocycles. The number of carbonyl (C=O) groups excluding carboxylic acids is 1. The highest BCUT2D eigenvalue weighted by Gasteiger charge is 2.30. The van der Waals surface area contributed by atoms with Crippen LogP contribution in [0.3, 0.4) is 0 Å². The van der Waals surface area contributed by atoms with E-state index < -0.39 is 15.8 Å². The van der Waals surface area contributed by atoms with E-state index in [0.29, 0.717) is 13.1 Å². The molecule has 0 N–H and O–H groups in total. The summed E-state index contributed by atoms with van der Waals surface area (Å²) in [5.74, 6) is 0.883.